The summed E-state index contributed by atoms with van der Waals surface area (Å²) in [6, 6.07) is 0.752. The molecule has 134 valence electrons. The predicted molar refractivity (Wildman–Crippen MR) is 94.5 cm³/mol. The van der Waals surface area contributed by atoms with Crippen LogP contribution in [0.3, 0.4) is 0 Å². The molecular weight excluding hydrogens is 286 g/mol. The summed E-state index contributed by atoms with van der Waals surface area (Å²) in [6.45, 7) is 12.7. The van der Waals surface area contributed by atoms with E-state index in [4.69, 9.17) is 9.47 Å². The summed E-state index contributed by atoms with van der Waals surface area (Å²) in [5.74, 6) is 0.577. The molecule has 0 bridgehead atoms. The van der Waals surface area contributed by atoms with Crippen molar-refractivity contribution in [3.63, 3.8) is 0 Å². The second kappa shape index (κ2) is 7.01. The Hall–Kier alpha value is -0.120. The fraction of sp³-hybridized carbons (Fsp3) is 1.00. The summed E-state index contributed by atoms with van der Waals surface area (Å²) in [6.07, 6.45) is 10.3. The van der Waals surface area contributed by atoms with Crippen LogP contribution in [0.4, 0.5) is 0 Å². The van der Waals surface area contributed by atoms with Gasteiger partial charge in [0.25, 0.3) is 0 Å². The van der Waals surface area contributed by atoms with E-state index in [1.54, 1.807) is 0 Å². The smallest absolute Gasteiger partial charge is 0.168 e. The number of piperidine rings is 1. The maximum absolute atomic E-state index is 6.43. The summed E-state index contributed by atoms with van der Waals surface area (Å²) in [5.41, 5.74) is 0.421. The van der Waals surface area contributed by atoms with Gasteiger partial charge in [-0.05, 0) is 56.9 Å². The average Bonchev–Trinajstić information content (AvgIpc) is 2.89. The Morgan fingerprint density at radius 3 is 2.48 bits per heavy atom. The lowest BCUT2D eigenvalue weighted by atomic mass is 9.71. The third kappa shape index (κ3) is 4.29. The molecule has 0 N–H and O–H groups in total. The Balaban J connectivity index is 1.44. The van der Waals surface area contributed by atoms with Crippen LogP contribution in [0.1, 0.15) is 79.1 Å². The lowest BCUT2D eigenvalue weighted by Gasteiger charge is -2.41. The number of nitrogens with zero attached hydrogens (tertiary/aromatic N) is 1. The van der Waals surface area contributed by atoms with Gasteiger partial charge in [0.1, 0.15) is 0 Å². The van der Waals surface area contributed by atoms with Crippen molar-refractivity contribution in [1.29, 1.82) is 0 Å². The van der Waals surface area contributed by atoms with Crippen LogP contribution in [0, 0.1) is 11.3 Å². The zero-order valence-electron chi connectivity index (χ0n) is 15.8. The van der Waals surface area contributed by atoms with Crippen molar-refractivity contribution in [2.45, 2.75) is 97.0 Å². The molecule has 2 atom stereocenters. The lowest BCUT2D eigenvalue weighted by Crippen LogP contribution is -2.40. The monoisotopic (exact) mass is 323 g/mol. The summed E-state index contributed by atoms with van der Waals surface area (Å²) in [5, 5.41) is 0. The summed E-state index contributed by atoms with van der Waals surface area (Å²) in [4.78, 5) is 2.65. The van der Waals surface area contributed by atoms with Gasteiger partial charge in [-0.2, -0.15) is 0 Å². The van der Waals surface area contributed by atoms with E-state index in [9.17, 15) is 0 Å². The molecule has 3 nitrogen and oxygen atoms in total. The van der Waals surface area contributed by atoms with E-state index < -0.39 is 0 Å². The van der Waals surface area contributed by atoms with Crippen LogP contribution in [0.5, 0.6) is 0 Å². The van der Waals surface area contributed by atoms with E-state index in [1.165, 1.54) is 45.2 Å². The number of hydrogen-bond donors (Lipinski definition) is 0. The molecule has 1 spiro atoms. The van der Waals surface area contributed by atoms with Crippen molar-refractivity contribution < 1.29 is 9.47 Å². The van der Waals surface area contributed by atoms with E-state index in [2.05, 4.69) is 32.6 Å². The van der Waals surface area contributed by atoms with Gasteiger partial charge >= 0.3 is 0 Å². The van der Waals surface area contributed by atoms with Gasteiger partial charge < -0.3 is 14.4 Å². The number of likely N-dealkylation sites (tertiary alicyclic amines) is 1. The highest BCUT2D eigenvalue weighted by Gasteiger charge is 2.45. The van der Waals surface area contributed by atoms with Crippen LogP contribution >= 0.6 is 0 Å². The molecule has 2 saturated heterocycles. The Labute approximate surface area is 143 Å². The highest BCUT2D eigenvalue weighted by atomic mass is 16.7. The van der Waals surface area contributed by atoms with Gasteiger partial charge in [-0.15, -0.1) is 0 Å². The van der Waals surface area contributed by atoms with Crippen molar-refractivity contribution in [1.82, 2.24) is 4.90 Å². The molecule has 2 aliphatic heterocycles. The van der Waals surface area contributed by atoms with Crippen LogP contribution in [0.2, 0.25) is 0 Å². The Morgan fingerprint density at radius 2 is 1.83 bits per heavy atom. The molecule has 3 aliphatic rings. The summed E-state index contributed by atoms with van der Waals surface area (Å²) >= 11 is 0. The van der Waals surface area contributed by atoms with Gasteiger partial charge in [0.2, 0.25) is 0 Å². The largest absolute Gasteiger partial charge is 0.347 e. The number of ether oxygens (including phenoxy) is 2. The van der Waals surface area contributed by atoms with E-state index in [0.29, 0.717) is 11.5 Å². The van der Waals surface area contributed by atoms with Crippen molar-refractivity contribution in [2.75, 3.05) is 19.7 Å². The van der Waals surface area contributed by atoms with E-state index in [1.807, 2.05) is 0 Å². The molecule has 3 heteroatoms. The van der Waals surface area contributed by atoms with Crippen LogP contribution in [-0.2, 0) is 9.47 Å². The Bertz CT molecular complexity index is 382. The van der Waals surface area contributed by atoms with Gasteiger partial charge in [-0.1, -0.05) is 27.2 Å². The SMILES string of the molecule is CC1CCCCN1CCC1COC2(CCC(C(C)(C)C)CC2)O1. The normalized spacial score (nSPS) is 39.9. The Morgan fingerprint density at radius 1 is 1.09 bits per heavy atom. The highest BCUT2D eigenvalue weighted by Crippen LogP contribution is 2.45. The fourth-order valence-electron chi connectivity index (χ4n) is 4.74. The molecule has 0 aromatic carbocycles. The quantitative estimate of drug-likeness (QED) is 0.757. The van der Waals surface area contributed by atoms with E-state index >= 15 is 0 Å². The van der Waals surface area contributed by atoms with Crippen LogP contribution in [0.25, 0.3) is 0 Å². The van der Waals surface area contributed by atoms with Crippen molar-refractivity contribution >= 4 is 0 Å². The molecule has 3 fully saturated rings. The van der Waals surface area contributed by atoms with Gasteiger partial charge in [0.15, 0.2) is 5.79 Å². The second-order valence-corrected chi connectivity index (χ2v) is 9.27. The van der Waals surface area contributed by atoms with Crippen LogP contribution in [0.15, 0.2) is 0 Å². The van der Waals surface area contributed by atoms with Crippen molar-refractivity contribution in [3.8, 4) is 0 Å². The topological polar surface area (TPSA) is 21.7 Å². The molecule has 3 rings (SSSR count). The minimum absolute atomic E-state index is 0.236. The number of rotatable bonds is 3. The second-order valence-electron chi connectivity index (χ2n) is 9.27. The van der Waals surface area contributed by atoms with Crippen LogP contribution in [-0.4, -0.2) is 42.5 Å². The standard InChI is InChI=1S/C20H37NO2/c1-16-7-5-6-13-21(16)14-10-18-15-22-20(23-18)11-8-17(9-12-20)19(2,3)4/h16-18H,5-15H2,1-4H3. The first-order valence-corrected chi connectivity index (χ1v) is 9.94. The van der Waals surface area contributed by atoms with E-state index in [0.717, 1.165) is 37.8 Å². The zero-order chi connectivity index (χ0) is 16.5. The molecule has 0 aromatic rings. The first-order valence-electron chi connectivity index (χ1n) is 9.94. The molecule has 0 amide bonds. The predicted octanol–water partition coefficient (Wildman–Crippen LogP) is 4.60. The van der Waals surface area contributed by atoms with Gasteiger partial charge in [-0.25, -0.2) is 0 Å². The zero-order valence-corrected chi connectivity index (χ0v) is 15.8. The van der Waals surface area contributed by atoms with Crippen molar-refractivity contribution in [2.24, 2.45) is 11.3 Å². The minimum Gasteiger partial charge on any atom is -0.347 e. The van der Waals surface area contributed by atoms with Crippen molar-refractivity contribution in [3.05, 3.63) is 0 Å². The summed E-state index contributed by atoms with van der Waals surface area (Å²) in [7, 11) is 0. The minimum atomic E-state index is -0.236. The first kappa shape index (κ1) is 17.7. The molecular formula is C20H37NO2. The fourth-order valence-corrected chi connectivity index (χ4v) is 4.74. The van der Waals surface area contributed by atoms with Gasteiger partial charge in [0, 0.05) is 25.4 Å². The maximum Gasteiger partial charge on any atom is 0.168 e. The molecule has 1 saturated carbocycles. The van der Waals surface area contributed by atoms with Crippen LogP contribution < -0.4 is 0 Å². The molecule has 0 radical (unpaired) electrons. The third-order valence-electron chi connectivity index (χ3n) is 6.56. The molecule has 1 aliphatic carbocycles. The highest BCUT2D eigenvalue weighted by molar-refractivity contribution is 4.89. The van der Waals surface area contributed by atoms with E-state index in [-0.39, 0.29) is 5.79 Å². The Kier molecular flexibility index (Phi) is 5.40. The number of hydrogen-bond acceptors (Lipinski definition) is 3. The third-order valence-corrected chi connectivity index (χ3v) is 6.56. The summed E-state index contributed by atoms with van der Waals surface area (Å²) < 4.78 is 12.6. The molecule has 23 heavy (non-hydrogen) atoms. The van der Waals surface area contributed by atoms with Gasteiger partial charge in [-0.3, -0.25) is 0 Å². The lowest BCUT2D eigenvalue weighted by molar-refractivity contribution is -0.197. The molecule has 2 unspecified atom stereocenters. The first-order chi connectivity index (χ1) is 10.9. The molecule has 2 heterocycles. The molecule has 0 aromatic heterocycles. The average molecular weight is 324 g/mol. The van der Waals surface area contributed by atoms with Gasteiger partial charge in [0.05, 0.1) is 12.7 Å². The maximum atomic E-state index is 6.43.